The molecule has 1 fully saturated rings. The van der Waals surface area contributed by atoms with Gasteiger partial charge >= 0.3 is 0 Å². The van der Waals surface area contributed by atoms with Gasteiger partial charge in [0.1, 0.15) is 4.90 Å². The molecule has 1 aromatic carbocycles. The standard InChI is InChI=1S/C17H27N5O4S/c1-26-11-5-8-20-27(24,25)15-12-13(16(23)21-17(18)19)6-7-14(15)22-9-3-2-4-10-22/h6-7,12,20H,2-5,8-11H2,1H3,(H4,18,19,21,23). The van der Waals surface area contributed by atoms with Gasteiger partial charge in [0.05, 0.1) is 5.69 Å². The molecule has 1 saturated heterocycles. The van der Waals surface area contributed by atoms with E-state index in [-0.39, 0.29) is 23.0 Å². The largest absolute Gasteiger partial charge is 0.385 e. The number of guanidine groups is 1. The molecular weight excluding hydrogens is 370 g/mol. The second-order valence-electron chi connectivity index (χ2n) is 6.32. The molecule has 1 amide bonds. The van der Waals surface area contributed by atoms with Crippen LogP contribution in [-0.4, -0.2) is 53.6 Å². The van der Waals surface area contributed by atoms with Crippen molar-refractivity contribution in [3.63, 3.8) is 0 Å². The summed E-state index contributed by atoms with van der Waals surface area (Å²) in [5.41, 5.74) is 11.2. The maximum Gasteiger partial charge on any atom is 0.280 e. The van der Waals surface area contributed by atoms with E-state index in [1.807, 2.05) is 4.90 Å². The molecule has 0 bridgehead atoms. The zero-order valence-electron chi connectivity index (χ0n) is 15.5. The number of methoxy groups -OCH3 is 1. The van der Waals surface area contributed by atoms with E-state index >= 15 is 0 Å². The van der Waals surface area contributed by atoms with Crippen molar-refractivity contribution in [1.82, 2.24) is 4.72 Å². The predicted molar refractivity (Wildman–Crippen MR) is 104 cm³/mol. The Bertz CT molecular complexity index is 785. The first-order valence-corrected chi connectivity index (χ1v) is 10.3. The third-order valence-corrected chi connectivity index (χ3v) is 5.73. The summed E-state index contributed by atoms with van der Waals surface area (Å²) in [4.78, 5) is 17.7. The zero-order chi connectivity index (χ0) is 19.9. The van der Waals surface area contributed by atoms with Crippen LogP contribution in [-0.2, 0) is 14.8 Å². The molecule has 1 aromatic rings. The molecule has 0 atom stereocenters. The van der Waals surface area contributed by atoms with Gasteiger partial charge in [0, 0.05) is 38.9 Å². The Hall–Kier alpha value is -2.17. The Morgan fingerprint density at radius 2 is 1.96 bits per heavy atom. The molecule has 0 aromatic heterocycles. The Balaban J connectivity index is 2.38. The van der Waals surface area contributed by atoms with Crippen LogP contribution >= 0.6 is 0 Å². The van der Waals surface area contributed by atoms with Gasteiger partial charge in [-0.3, -0.25) is 4.79 Å². The van der Waals surface area contributed by atoms with Crippen molar-refractivity contribution >= 4 is 27.6 Å². The molecule has 0 spiro atoms. The fourth-order valence-electron chi connectivity index (χ4n) is 2.94. The summed E-state index contributed by atoms with van der Waals surface area (Å²) in [7, 11) is -2.26. The maximum absolute atomic E-state index is 12.9. The summed E-state index contributed by atoms with van der Waals surface area (Å²) in [6.45, 7) is 2.23. The molecule has 0 radical (unpaired) electrons. The van der Waals surface area contributed by atoms with Crippen molar-refractivity contribution in [2.75, 3.05) is 38.3 Å². The summed E-state index contributed by atoms with van der Waals surface area (Å²) >= 11 is 0. The summed E-state index contributed by atoms with van der Waals surface area (Å²) < 4.78 is 33.3. The van der Waals surface area contributed by atoms with E-state index in [0.717, 1.165) is 32.4 Å². The first-order valence-electron chi connectivity index (χ1n) is 8.86. The highest BCUT2D eigenvalue weighted by atomic mass is 32.2. The number of amides is 1. The lowest BCUT2D eigenvalue weighted by Gasteiger charge is -2.30. The smallest absolute Gasteiger partial charge is 0.280 e. The quantitative estimate of drug-likeness (QED) is 0.328. The van der Waals surface area contributed by atoms with Crippen molar-refractivity contribution in [3.05, 3.63) is 23.8 Å². The average molecular weight is 398 g/mol. The molecular formula is C17H27N5O4S. The molecule has 27 heavy (non-hydrogen) atoms. The van der Waals surface area contributed by atoms with Crippen LogP contribution in [0.1, 0.15) is 36.0 Å². The number of hydrogen-bond donors (Lipinski definition) is 3. The monoisotopic (exact) mass is 397 g/mol. The molecule has 0 unspecified atom stereocenters. The molecule has 5 N–H and O–H groups in total. The van der Waals surface area contributed by atoms with E-state index in [0.29, 0.717) is 18.7 Å². The van der Waals surface area contributed by atoms with Crippen molar-refractivity contribution in [3.8, 4) is 0 Å². The molecule has 0 aliphatic carbocycles. The van der Waals surface area contributed by atoms with Gasteiger partial charge < -0.3 is 21.1 Å². The number of nitrogens with two attached hydrogens (primary N) is 2. The van der Waals surface area contributed by atoms with E-state index in [9.17, 15) is 13.2 Å². The summed E-state index contributed by atoms with van der Waals surface area (Å²) in [6, 6.07) is 4.52. The van der Waals surface area contributed by atoms with Crippen molar-refractivity contribution in [2.24, 2.45) is 16.5 Å². The van der Waals surface area contributed by atoms with Gasteiger partial charge in [-0.25, -0.2) is 13.1 Å². The number of benzene rings is 1. The topological polar surface area (TPSA) is 140 Å². The van der Waals surface area contributed by atoms with Gasteiger partial charge in [-0.05, 0) is 43.9 Å². The Morgan fingerprint density at radius 1 is 1.26 bits per heavy atom. The zero-order valence-corrected chi connectivity index (χ0v) is 16.3. The van der Waals surface area contributed by atoms with E-state index in [1.54, 1.807) is 19.2 Å². The first-order chi connectivity index (χ1) is 12.8. The highest BCUT2D eigenvalue weighted by Gasteiger charge is 2.24. The summed E-state index contributed by atoms with van der Waals surface area (Å²) in [6.07, 6.45) is 3.65. The van der Waals surface area contributed by atoms with Crippen LogP contribution in [0.25, 0.3) is 0 Å². The Labute approximate surface area is 159 Å². The van der Waals surface area contributed by atoms with Gasteiger partial charge in [0.2, 0.25) is 10.0 Å². The molecule has 9 nitrogen and oxygen atoms in total. The van der Waals surface area contributed by atoms with Crippen LogP contribution in [0.2, 0.25) is 0 Å². The fourth-order valence-corrected chi connectivity index (χ4v) is 4.26. The van der Waals surface area contributed by atoms with Gasteiger partial charge in [0.15, 0.2) is 5.96 Å². The number of hydrogen-bond acceptors (Lipinski definition) is 5. The molecule has 150 valence electrons. The molecule has 1 aliphatic rings. The predicted octanol–water partition coefficient (Wildman–Crippen LogP) is 0.405. The van der Waals surface area contributed by atoms with Crippen molar-refractivity contribution < 1.29 is 17.9 Å². The van der Waals surface area contributed by atoms with Crippen LogP contribution in [0.4, 0.5) is 5.69 Å². The third-order valence-electron chi connectivity index (χ3n) is 4.24. The second kappa shape index (κ2) is 9.67. The number of rotatable bonds is 8. The third kappa shape index (κ3) is 5.91. The minimum absolute atomic E-state index is 0.0541. The second-order valence-corrected chi connectivity index (χ2v) is 8.05. The molecule has 1 heterocycles. The van der Waals surface area contributed by atoms with E-state index in [4.69, 9.17) is 16.2 Å². The van der Waals surface area contributed by atoms with Crippen molar-refractivity contribution in [2.45, 2.75) is 30.6 Å². The van der Waals surface area contributed by atoms with E-state index in [1.165, 1.54) is 6.07 Å². The molecule has 1 aliphatic heterocycles. The fraction of sp³-hybridized carbons (Fsp3) is 0.529. The highest BCUT2D eigenvalue weighted by molar-refractivity contribution is 7.89. The van der Waals surface area contributed by atoms with Gasteiger partial charge in [-0.2, -0.15) is 4.99 Å². The number of piperidine rings is 1. The Kier molecular flexibility index (Phi) is 7.57. The lowest BCUT2D eigenvalue weighted by molar-refractivity contribution is 0.100. The normalized spacial score (nSPS) is 14.8. The first kappa shape index (κ1) is 21.1. The maximum atomic E-state index is 12.9. The van der Waals surface area contributed by atoms with Gasteiger partial charge in [0.25, 0.3) is 5.91 Å². The molecule has 0 saturated carbocycles. The minimum Gasteiger partial charge on any atom is -0.385 e. The van der Waals surface area contributed by atoms with Crippen LogP contribution in [0.15, 0.2) is 28.1 Å². The van der Waals surface area contributed by atoms with Crippen LogP contribution in [0, 0.1) is 0 Å². The lowest BCUT2D eigenvalue weighted by Crippen LogP contribution is -2.33. The SMILES string of the molecule is COCCCNS(=O)(=O)c1cc(C(=O)N=C(N)N)ccc1N1CCCCC1. The van der Waals surface area contributed by atoms with Crippen LogP contribution in [0.3, 0.4) is 0 Å². The number of ether oxygens (including phenoxy) is 1. The summed E-state index contributed by atoms with van der Waals surface area (Å²) in [5, 5.41) is 0. The van der Waals surface area contributed by atoms with E-state index < -0.39 is 15.9 Å². The van der Waals surface area contributed by atoms with E-state index in [2.05, 4.69) is 9.71 Å². The number of sulfonamides is 1. The molecule has 2 rings (SSSR count). The highest BCUT2D eigenvalue weighted by Crippen LogP contribution is 2.29. The van der Waals surface area contributed by atoms with Crippen LogP contribution < -0.4 is 21.1 Å². The minimum atomic E-state index is -3.82. The summed E-state index contributed by atoms with van der Waals surface area (Å²) in [5.74, 6) is -1.06. The van der Waals surface area contributed by atoms with Gasteiger partial charge in [-0.1, -0.05) is 0 Å². The van der Waals surface area contributed by atoms with Crippen LogP contribution in [0.5, 0.6) is 0 Å². The average Bonchev–Trinajstić information content (AvgIpc) is 2.65. The Morgan fingerprint density at radius 3 is 2.59 bits per heavy atom. The number of nitrogens with one attached hydrogen (secondary N) is 1. The number of nitrogens with zero attached hydrogens (tertiary/aromatic N) is 2. The molecule has 10 heteroatoms. The lowest BCUT2D eigenvalue weighted by atomic mass is 10.1. The number of anilines is 1. The van der Waals surface area contributed by atoms with Crippen molar-refractivity contribution in [1.29, 1.82) is 0 Å². The number of aliphatic imine (C=N–C) groups is 1. The van der Waals surface area contributed by atoms with Gasteiger partial charge in [-0.15, -0.1) is 0 Å². The number of carbonyl (C=O) groups is 1. The number of carbonyl (C=O) groups excluding carboxylic acids is 1.